The Morgan fingerprint density at radius 1 is 1.33 bits per heavy atom. The Balaban J connectivity index is 2.19. The fourth-order valence-corrected chi connectivity index (χ4v) is 2.72. The maximum absolute atomic E-state index is 14.1. The molecule has 1 fully saturated rings. The molecule has 1 unspecified atom stereocenters. The van der Waals surface area contributed by atoms with Crippen LogP contribution in [-0.4, -0.2) is 40.8 Å². The first-order valence-corrected chi connectivity index (χ1v) is 7.35. The van der Waals surface area contributed by atoms with Crippen LogP contribution in [0.25, 0.3) is 10.9 Å². The van der Waals surface area contributed by atoms with Crippen molar-refractivity contribution in [3.63, 3.8) is 0 Å². The van der Waals surface area contributed by atoms with Crippen molar-refractivity contribution in [3.05, 3.63) is 22.5 Å². The van der Waals surface area contributed by atoms with Crippen molar-refractivity contribution in [1.82, 2.24) is 15.0 Å². The van der Waals surface area contributed by atoms with Crippen LogP contribution in [0.4, 0.5) is 10.2 Å². The molecule has 0 N–H and O–H groups in total. The van der Waals surface area contributed by atoms with Crippen LogP contribution in [-0.2, 0) is 4.74 Å². The van der Waals surface area contributed by atoms with Gasteiger partial charge in [-0.1, -0.05) is 11.6 Å². The number of fused-ring (bicyclic) bond motifs is 1. The third-order valence-electron chi connectivity index (χ3n) is 3.55. The van der Waals surface area contributed by atoms with Gasteiger partial charge >= 0.3 is 0 Å². The summed E-state index contributed by atoms with van der Waals surface area (Å²) in [4.78, 5) is 14.1. The lowest BCUT2D eigenvalue weighted by Crippen LogP contribution is -2.34. The smallest absolute Gasteiger partial charge is 0.225 e. The Kier molecular flexibility index (Phi) is 4.10. The van der Waals surface area contributed by atoms with E-state index in [9.17, 15) is 4.39 Å². The van der Waals surface area contributed by atoms with Crippen LogP contribution in [0.1, 0.15) is 13.3 Å². The fourth-order valence-electron chi connectivity index (χ4n) is 2.42. The highest BCUT2D eigenvalue weighted by Crippen LogP contribution is 2.30. The third-order valence-corrected chi connectivity index (χ3v) is 3.99. The summed E-state index contributed by atoms with van der Waals surface area (Å²) in [5, 5.41) is 0.251. The predicted octanol–water partition coefficient (Wildman–Crippen LogP) is 3.09. The van der Waals surface area contributed by atoms with Crippen molar-refractivity contribution in [3.8, 4) is 0 Å². The average molecular weight is 331 g/mol. The van der Waals surface area contributed by atoms with Crippen LogP contribution in [0.5, 0.6) is 0 Å². The standard InChI is InChI=1S/C13H13Cl2FN4O/c1-7-2-4-21-5-3-20(7)12-8-6-17-11(14)9(16)10(8)18-13(15)19-12/h6-7H,2-5H2,1H3. The van der Waals surface area contributed by atoms with Crippen molar-refractivity contribution >= 4 is 39.9 Å². The van der Waals surface area contributed by atoms with Gasteiger partial charge in [-0.05, 0) is 24.9 Å². The predicted molar refractivity (Wildman–Crippen MR) is 79.6 cm³/mol. The highest BCUT2D eigenvalue weighted by molar-refractivity contribution is 6.30. The number of nitrogens with zero attached hydrogens (tertiary/aromatic N) is 4. The SMILES string of the molecule is CC1CCOCCN1c1nc(Cl)nc2c(F)c(Cl)ncc12. The molecule has 0 radical (unpaired) electrons. The molecule has 0 spiro atoms. The first kappa shape index (κ1) is 14.7. The quantitative estimate of drug-likeness (QED) is 0.594. The lowest BCUT2D eigenvalue weighted by Gasteiger charge is -2.28. The van der Waals surface area contributed by atoms with Crippen molar-refractivity contribution < 1.29 is 9.13 Å². The first-order valence-electron chi connectivity index (χ1n) is 6.59. The maximum Gasteiger partial charge on any atom is 0.225 e. The van der Waals surface area contributed by atoms with E-state index in [1.165, 1.54) is 6.20 Å². The Labute approximate surface area is 131 Å². The molecule has 1 aliphatic rings. The van der Waals surface area contributed by atoms with Crippen molar-refractivity contribution in [2.45, 2.75) is 19.4 Å². The Morgan fingerprint density at radius 3 is 2.95 bits per heavy atom. The van der Waals surface area contributed by atoms with E-state index in [0.29, 0.717) is 31.0 Å². The third kappa shape index (κ3) is 2.75. The zero-order valence-corrected chi connectivity index (χ0v) is 12.8. The number of rotatable bonds is 1. The molecule has 3 rings (SSSR count). The van der Waals surface area contributed by atoms with Crippen molar-refractivity contribution in [2.75, 3.05) is 24.7 Å². The average Bonchev–Trinajstić information content (AvgIpc) is 2.67. The summed E-state index contributed by atoms with van der Waals surface area (Å²) in [6.45, 7) is 3.98. The highest BCUT2D eigenvalue weighted by Gasteiger charge is 2.23. The summed E-state index contributed by atoms with van der Waals surface area (Å²) < 4.78 is 19.6. The number of halogens is 3. The summed E-state index contributed by atoms with van der Waals surface area (Å²) in [6, 6.07) is 0.195. The summed E-state index contributed by atoms with van der Waals surface area (Å²) in [7, 11) is 0. The monoisotopic (exact) mass is 330 g/mol. The van der Waals surface area contributed by atoms with E-state index in [1.807, 2.05) is 4.90 Å². The van der Waals surface area contributed by atoms with Gasteiger partial charge in [0, 0.05) is 25.4 Å². The Hall–Kier alpha value is -1.24. The van der Waals surface area contributed by atoms with Gasteiger partial charge in [0.1, 0.15) is 11.3 Å². The molecule has 0 saturated carbocycles. The molecule has 2 aromatic heterocycles. The molecule has 0 aromatic carbocycles. The van der Waals surface area contributed by atoms with Gasteiger partial charge in [0.15, 0.2) is 11.0 Å². The van der Waals surface area contributed by atoms with Crippen LogP contribution in [0.15, 0.2) is 6.20 Å². The van der Waals surface area contributed by atoms with Crippen LogP contribution in [0, 0.1) is 5.82 Å². The second-order valence-electron chi connectivity index (χ2n) is 4.88. The van der Waals surface area contributed by atoms with Gasteiger partial charge < -0.3 is 9.64 Å². The van der Waals surface area contributed by atoms with E-state index < -0.39 is 5.82 Å². The van der Waals surface area contributed by atoms with Gasteiger partial charge in [-0.15, -0.1) is 0 Å². The number of aromatic nitrogens is 3. The number of anilines is 1. The molecule has 0 aliphatic carbocycles. The maximum atomic E-state index is 14.1. The van der Waals surface area contributed by atoms with E-state index >= 15 is 0 Å². The van der Waals surface area contributed by atoms with Gasteiger partial charge in [-0.25, -0.2) is 14.4 Å². The molecule has 112 valence electrons. The topological polar surface area (TPSA) is 51.1 Å². The fraction of sp³-hybridized carbons (Fsp3) is 0.462. The minimum Gasteiger partial charge on any atom is -0.380 e. The van der Waals surface area contributed by atoms with Crippen molar-refractivity contribution in [1.29, 1.82) is 0 Å². The summed E-state index contributed by atoms with van der Waals surface area (Å²) in [5.74, 6) is -0.121. The number of hydrogen-bond acceptors (Lipinski definition) is 5. The molecule has 2 aromatic rings. The molecule has 5 nitrogen and oxygen atoms in total. The van der Waals surface area contributed by atoms with E-state index in [-0.39, 0.29) is 22.0 Å². The van der Waals surface area contributed by atoms with E-state index in [4.69, 9.17) is 27.9 Å². The van der Waals surface area contributed by atoms with Gasteiger partial charge in [-0.3, -0.25) is 0 Å². The first-order chi connectivity index (χ1) is 10.1. The van der Waals surface area contributed by atoms with E-state index in [0.717, 1.165) is 6.42 Å². The molecule has 0 bridgehead atoms. The number of ether oxygens (including phenoxy) is 1. The van der Waals surface area contributed by atoms with Gasteiger partial charge in [0.2, 0.25) is 5.28 Å². The van der Waals surface area contributed by atoms with Gasteiger partial charge in [0.05, 0.1) is 12.0 Å². The Morgan fingerprint density at radius 2 is 2.14 bits per heavy atom. The highest BCUT2D eigenvalue weighted by atomic mass is 35.5. The molecule has 8 heteroatoms. The number of pyridine rings is 1. The minimum absolute atomic E-state index is 0.0176. The lowest BCUT2D eigenvalue weighted by molar-refractivity contribution is 0.150. The molecule has 0 amide bonds. The van der Waals surface area contributed by atoms with Gasteiger partial charge in [0.25, 0.3) is 0 Å². The summed E-state index contributed by atoms with van der Waals surface area (Å²) >= 11 is 11.7. The molecule has 3 heterocycles. The van der Waals surface area contributed by atoms with E-state index in [1.54, 1.807) is 0 Å². The largest absolute Gasteiger partial charge is 0.380 e. The van der Waals surface area contributed by atoms with E-state index in [2.05, 4.69) is 21.9 Å². The minimum atomic E-state index is -0.682. The van der Waals surface area contributed by atoms with Crippen molar-refractivity contribution in [2.24, 2.45) is 0 Å². The van der Waals surface area contributed by atoms with Crippen LogP contribution in [0.2, 0.25) is 10.4 Å². The Bertz CT molecular complexity index is 685. The zero-order valence-electron chi connectivity index (χ0n) is 11.3. The molecule has 21 heavy (non-hydrogen) atoms. The molecule has 1 saturated heterocycles. The second kappa shape index (κ2) is 5.87. The zero-order chi connectivity index (χ0) is 15.0. The summed E-state index contributed by atoms with van der Waals surface area (Å²) in [6.07, 6.45) is 2.33. The normalized spacial score (nSPS) is 19.8. The van der Waals surface area contributed by atoms with Crippen LogP contribution < -0.4 is 4.90 Å². The summed E-state index contributed by atoms with van der Waals surface area (Å²) in [5.41, 5.74) is 0.0855. The molecule has 1 atom stereocenters. The van der Waals surface area contributed by atoms with Crippen LogP contribution in [0.3, 0.4) is 0 Å². The lowest BCUT2D eigenvalue weighted by atomic mass is 10.2. The van der Waals surface area contributed by atoms with Crippen LogP contribution >= 0.6 is 23.2 Å². The molecule has 1 aliphatic heterocycles. The number of hydrogen-bond donors (Lipinski definition) is 0. The second-order valence-corrected chi connectivity index (χ2v) is 5.58. The van der Waals surface area contributed by atoms with Gasteiger partial charge in [-0.2, -0.15) is 4.98 Å². The molecular formula is C13H13Cl2FN4O. The molecular weight excluding hydrogens is 318 g/mol.